The van der Waals surface area contributed by atoms with Gasteiger partial charge in [-0.15, -0.1) is 0 Å². The van der Waals surface area contributed by atoms with Crippen LogP contribution in [0.2, 0.25) is 5.04 Å². The summed E-state index contributed by atoms with van der Waals surface area (Å²) < 4.78 is 73.6. The molecule has 15 heteroatoms. The first-order chi connectivity index (χ1) is 34.9. The van der Waals surface area contributed by atoms with Crippen molar-refractivity contribution in [1.29, 1.82) is 0 Å². The van der Waals surface area contributed by atoms with Crippen LogP contribution in [0.25, 0.3) is 0 Å². The molecule has 0 aliphatic carbocycles. The van der Waals surface area contributed by atoms with Crippen LogP contribution >= 0.6 is 0 Å². The average Bonchev–Trinajstić information content (AvgIpc) is 3.37. The second-order valence-corrected chi connectivity index (χ2v) is 22.8. The maximum absolute atomic E-state index is 11.9. The molecular weight excluding hydrogens is 925 g/mol. The van der Waals surface area contributed by atoms with Crippen LogP contribution in [0, 0.1) is 0 Å². The van der Waals surface area contributed by atoms with E-state index in [4.69, 9.17) is 61.3 Å². The van der Waals surface area contributed by atoms with E-state index in [2.05, 4.69) is 88.4 Å². The van der Waals surface area contributed by atoms with Gasteiger partial charge in [0.1, 0.15) is 6.61 Å². The fourth-order valence-electron chi connectivity index (χ4n) is 7.89. The second kappa shape index (κ2) is 47.4. The molecule has 0 saturated carbocycles. The molecule has 0 heterocycles. The second-order valence-electron chi connectivity index (χ2n) is 18.5. The molecule has 2 rings (SSSR count). The maximum Gasteiger partial charge on any atom is 0.305 e. The summed E-state index contributed by atoms with van der Waals surface area (Å²) in [6.07, 6.45) is 17.3. The van der Waals surface area contributed by atoms with Gasteiger partial charge in [-0.05, 0) is 21.8 Å². The van der Waals surface area contributed by atoms with E-state index in [1.807, 2.05) is 0 Å². The van der Waals surface area contributed by atoms with Crippen LogP contribution < -0.4 is 10.4 Å². The van der Waals surface area contributed by atoms with Crippen LogP contribution in [0.3, 0.4) is 0 Å². The molecule has 410 valence electrons. The van der Waals surface area contributed by atoms with E-state index in [1.165, 1.54) is 81.0 Å². The van der Waals surface area contributed by atoms with E-state index in [0.29, 0.717) is 158 Å². The monoisotopic (exact) mass is 1020 g/mol. The van der Waals surface area contributed by atoms with Crippen molar-refractivity contribution in [2.75, 3.05) is 159 Å². The Morgan fingerprint density at radius 2 is 0.606 bits per heavy atom. The van der Waals surface area contributed by atoms with Crippen molar-refractivity contribution in [3.8, 4) is 0 Å². The van der Waals surface area contributed by atoms with E-state index in [9.17, 15) is 4.79 Å². The summed E-state index contributed by atoms with van der Waals surface area (Å²) in [4.78, 5) is 11.9. The lowest BCUT2D eigenvalue weighted by Gasteiger charge is -2.43. The zero-order valence-corrected chi connectivity index (χ0v) is 45.9. The Morgan fingerprint density at radius 1 is 0.352 bits per heavy atom. The standard InChI is InChI=1S/C56H98O14Si/c1-5-6-7-8-9-10-11-12-13-14-15-16-23-28-55(57)69-51-49-67-47-45-65-43-41-63-39-37-61-35-33-59-31-29-58-30-32-60-34-36-62-38-40-64-42-44-66-46-48-68-50-52-70-71(56(2,3)4,53-24-19-17-20-25-53)54-26-21-18-22-27-54/h17-22,24-27H,5-16,23,28-52H2,1-4H3. The molecule has 0 radical (unpaired) electrons. The Kier molecular flexibility index (Phi) is 43.2. The van der Waals surface area contributed by atoms with Crippen molar-refractivity contribution < 1.29 is 66.1 Å². The third-order valence-electron chi connectivity index (χ3n) is 11.7. The first-order valence-corrected chi connectivity index (χ1v) is 29.1. The number of carbonyl (C=O) groups is 1. The van der Waals surface area contributed by atoms with E-state index < -0.39 is 8.32 Å². The molecule has 0 fully saturated rings. The Bertz CT molecular complexity index is 1380. The van der Waals surface area contributed by atoms with Crippen molar-refractivity contribution in [2.24, 2.45) is 0 Å². The summed E-state index contributed by atoms with van der Waals surface area (Å²) in [5.74, 6) is -0.134. The van der Waals surface area contributed by atoms with Gasteiger partial charge in [-0.25, -0.2) is 0 Å². The highest BCUT2D eigenvalue weighted by molar-refractivity contribution is 6.99. The first kappa shape index (κ1) is 64.8. The average molecular weight is 1020 g/mol. The van der Waals surface area contributed by atoms with Gasteiger partial charge in [0, 0.05) is 6.42 Å². The zero-order valence-electron chi connectivity index (χ0n) is 44.9. The topological polar surface area (TPSA) is 137 Å². The molecule has 0 aliphatic rings. The highest BCUT2D eigenvalue weighted by Crippen LogP contribution is 2.36. The number of hydrogen-bond donors (Lipinski definition) is 0. The molecular formula is C56H98O14Si. The van der Waals surface area contributed by atoms with Crippen LogP contribution in [0.1, 0.15) is 118 Å². The van der Waals surface area contributed by atoms with Gasteiger partial charge < -0.3 is 61.3 Å². The Hall–Kier alpha value is -2.35. The molecule has 0 saturated heterocycles. The number of benzene rings is 2. The third-order valence-corrected chi connectivity index (χ3v) is 16.7. The minimum atomic E-state index is -2.55. The smallest absolute Gasteiger partial charge is 0.305 e. The van der Waals surface area contributed by atoms with Gasteiger partial charge in [0.2, 0.25) is 0 Å². The summed E-state index contributed by atoms with van der Waals surface area (Å²) in [7, 11) is -2.55. The number of rotatable bonds is 53. The molecule has 2 aromatic rings. The highest BCUT2D eigenvalue weighted by atomic mass is 28.4. The van der Waals surface area contributed by atoms with E-state index >= 15 is 0 Å². The molecule has 0 N–H and O–H groups in total. The van der Waals surface area contributed by atoms with Crippen molar-refractivity contribution in [2.45, 2.75) is 123 Å². The Morgan fingerprint density at radius 3 is 0.887 bits per heavy atom. The summed E-state index contributed by atoms with van der Waals surface area (Å²) in [5.41, 5.74) is 0. The van der Waals surface area contributed by atoms with Crippen molar-refractivity contribution in [3.05, 3.63) is 60.7 Å². The molecule has 71 heavy (non-hydrogen) atoms. The molecule has 0 aromatic heterocycles. The molecule has 0 aliphatic heterocycles. The summed E-state index contributed by atoms with van der Waals surface area (Å²) >= 11 is 0. The number of carbonyl (C=O) groups excluding carboxylic acids is 1. The van der Waals surface area contributed by atoms with E-state index in [-0.39, 0.29) is 17.6 Å². The zero-order chi connectivity index (χ0) is 50.9. The van der Waals surface area contributed by atoms with Crippen LogP contribution in [0.4, 0.5) is 0 Å². The third kappa shape index (κ3) is 35.5. The van der Waals surface area contributed by atoms with Crippen molar-refractivity contribution >= 4 is 24.7 Å². The lowest BCUT2D eigenvalue weighted by molar-refractivity contribution is -0.145. The molecule has 0 amide bonds. The fourth-order valence-corrected chi connectivity index (χ4v) is 12.4. The van der Waals surface area contributed by atoms with Crippen LogP contribution in [0.15, 0.2) is 60.7 Å². The number of esters is 1. The molecule has 0 spiro atoms. The van der Waals surface area contributed by atoms with Crippen LogP contribution in [-0.2, 0) is 66.1 Å². The van der Waals surface area contributed by atoms with Gasteiger partial charge in [0.25, 0.3) is 8.32 Å². The Labute approximate surface area is 431 Å². The number of hydrogen-bond acceptors (Lipinski definition) is 14. The predicted molar refractivity (Wildman–Crippen MR) is 284 cm³/mol. The lowest BCUT2D eigenvalue weighted by atomic mass is 10.0. The lowest BCUT2D eigenvalue weighted by Crippen LogP contribution is -2.66. The van der Waals surface area contributed by atoms with Gasteiger partial charge in [-0.1, -0.05) is 165 Å². The van der Waals surface area contributed by atoms with Gasteiger partial charge in [-0.2, -0.15) is 0 Å². The van der Waals surface area contributed by atoms with E-state index in [1.54, 1.807) is 0 Å². The van der Waals surface area contributed by atoms with Crippen molar-refractivity contribution in [3.63, 3.8) is 0 Å². The normalized spacial score (nSPS) is 12.0. The van der Waals surface area contributed by atoms with Crippen LogP contribution in [-0.4, -0.2) is 173 Å². The number of ether oxygens (including phenoxy) is 12. The highest BCUT2D eigenvalue weighted by Gasteiger charge is 2.50. The Balaban J connectivity index is 1.21. The summed E-state index contributed by atoms with van der Waals surface area (Å²) in [6, 6.07) is 21.3. The first-order valence-electron chi connectivity index (χ1n) is 27.2. The predicted octanol–water partition coefficient (Wildman–Crippen LogP) is 8.77. The number of unbranched alkanes of at least 4 members (excludes halogenated alkanes) is 12. The van der Waals surface area contributed by atoms with Gasteiger partial charge in [0.05, 0.1) is 152 Å². The minimum absolute atomic E-state index is 0.0624. The molecule has 0 atom stereocenters. The minimum Gasteiger partial charge on any atom is -0.463 e. The van der Waals surface area contributed by atoms with Gasteiger partial charge in [0.15, 0.2) is 0 Å². The largest absolute Gasteiger partial charge is 0.463 e. The van der Waals surface area contributed by atoms with E-state index in [0.717, 1.165) is 12.8 Å². The van der Waals surface area contributed by atoms with Crippen LogP contribution in [0.5, 0.6) is 0 Å². The molecule has 2 aromatic carbocycles. The molecule has 14 nitrogen and oxygen atoms in total. The summed E-state index contributed by atoms with van der Waals surface area (Å²) in [5, 5.41) is 2.47. The van der Waals surface area contributed by atoms with Gasteiger partial charge in [-0.3, -0.25) is 4.79 Å². The summed E-state index contributed by atoms with van der Waals surface area (Å²) in [6.45, 7) is 20.6. The quantitative estimate of drug-likeness (QED) is 0.0355. The maximum atomic E-state index is 11.9. The molecule has 0 unspecified atom stereocenters. The molecule has 0 bridgehead atoms. The van der Waals surface area contributed by atoms with Crippen molar-refractivity contribution in [1.82, 2.24) is 0 Å². The fraction of sp³-hybridized carbons (Fsp3) is 0.768. The SMILES string of the molecule is CCCCCCCCCCCCCCCC(=O)OCCOCCOCCOCCOCCOCCOCCOCCOCCOCCOCCOCCO[Si](c1ccccc1)(c1ccccc1)C(C)(C)C. The van der Waals surface area contributed by atoms with Gasteiger partial charge >= 0.3 is 5.97 Å².